The lowest BCUT2D eigenvalue weighted by molar-refractivity contribution is -0.137. The summed E-state index contributed by atoms with van der Waals surface area (Å²) in [4.78, 5) is 33.8. The summed E-state index contributed by atoms with van der Waals surface area (Å²) in [7, 11) is 0. The molecule has 6 heteroatoms. The first kappa shape index (κ1) is 15.4. The summed E-state index contributed by atoms with van der Waals surface area (Å²) >= 11 is 0. The Morgan fingerprint density at radius 3 is 2.45 bits per heavy atom. The van der Waals surface area contributed by atoms with Crippen LogP contribution < -0.4 is 10.9 Å². The van der Waals surface area contributed by atoms with Gasteiger partial charge in [0, 0.05) is 12.2 Å². The van der Waals surface area contributed by atoms with Gasteiger partial charge in [-0.05, 0) is 12.5 Å². The minimum Gasteiger partial charge on any atom is -0.463 e. The van der Waals surface area contributed by atoms with Crippen LogP contribution in [0.3, 0.4) is 0 Å². The van der Waals surface area contributed by atoms with E-state index in [1.165, 1.54) is 0 Å². The fourth-order valence-corrected chi connectivity index (χ4v) is 1.33. The summed E-state index contributed by atoms with van der Waals surface area (Å²) in [6.07, 6.45) is 2.13. The van der Waals surface area contributed by atoms with E-state index in [1.54, 1.807) is 6.92 Å². The maximum Gasteiger partial charge on any atom is 0.330 e. The third kappa shape index (κ3) is 6.34. The summed E-state index contributed by atoms with van der Waals surface area (Å²) < 4.78 is 4.60. The van der Waals surface area contributed by atoms with Crippen molar-refractivity contribution in [1.29, 1.82) is 0 Å². The maximum absolute atomic E-state index is 11.5. The summed E-state index contributed by atoms with van der Waals surface area (Å²) in [6, 6.07) is 9.11. The molecule has 1 aromatic rings. The Bertz CT molecular complexity index is 497. The number of benzene rings is 1. The Kier molecular flexibility index (Phi) is 6.53. The predicted molar refractivity (Wildman–Crippen MR) is 72.2 cm³/mol. The zero-order valence-electron chi connectivity index (χ0n) is 11.1. The van der Waals surface area contributed by atoms with Crippen LogP contribution in [0.2, 0.25) is 0 Å². The van der Waals surface area contributed by atoms with E-state index >= 15 is 0 Å². The molecular weight excluding hydrogens is 260 g/mol. The monoisotopic (exact) mass is 276 g/mol. The van der Waals surface area contributed by atoms with Crippen molar-refractivity contribution < 1.29 is 19.1 Å². The first-order chi connectivity index (χ1) is 9.61. The number of amides is 2. The van der Waals surface area contributed by atoms with Gasteiger partial charge in [0.1, 0.15) is 0 Å². The lowest BCUT2D eigenvalue weighted by Gasteiger charge is -2.05. The van der Waals surface area contributed by atoms with Crippen molar-refractivity contribution in [2.75, 3.05) is 6.61 Å². The van der Waals surface area contributed by atoms with E-state index in [9.17, 15) is 14.4 Å². The maximum atomic E-state index is 11.5. The standard InChI is InChI=1S/C14H16N2O4/c1-2-20-14(19)9-8-12(17)15-16-13(18)10-11-6-4-3-5-7-11/h3-9H,2,10H2,1H3,(H,15,17)(H,16,18)/b9-8+. The largest absolute Gasteiger partial charge is 0.463 e. The molecule has 0 unspecified atom stereocenters. The zero-order chi connectivity index (χ0) is 14.8. The summed E-state index contributed by atoms with van der Waals surface area (Å²) in [5.41, 5.74) is 5.25. The second kappa shape index (κ2) is 8.47. The first-order valence-electron chi connectivity index (χ1n) is 6.09. The number of hydrazine groups is 1. The molecule has 1 rings (SSSR count). The van der Waals surface area contributed by atoms with Gasteiger partial charge in [0.25, 0.3) is 5.91 Å². The van der Waals surface area contributed by atoms with Gasteiger partial charge < -0.3 is 4.74 Å². The van der Waals surface area contributed by atoms with Crippen molar-refractivity contribution in [3.63, 3.8) is 0 Å². The molecule has 0 spiro atoms. The topological polar surface area (TPSA) is 84.5 Å². The van der Waals surface area contributed by atoms with Gasteiger partial charge in [0.2, 0.25) is 5.91 Å². The van der Waals surface area contributed by atoms with Gasteiger partial charge in [-0.2, -0.15) is 0 Å². The highest BCUT2D eigenvalue weighted by Gasteiger charge is 2.04. The Balaban J connectivity index is 2.30. The molecule has 2 amide bonds. The molecule has 0 bridgehead atoms. The smallest absolute Gasteiger partial charge is 0.330 e. The Hall–Kier alpha value is -2.63. The fourth-order valence-electron chi connectivity index (χ4n) is 1.33. The number of ether oxygens (including phenoxy) is 1. The summed E-state index contributed by atoms with van der Waals surface area (Å²) in [6.45, 7) is 1.90. The highest BCUT2D eigenvalue weighted by Crippen LogP contribution is 1.98. The Morgan fingerprint density at radius 2 is 1.80 bits per heavy atom. The molecule has 0 aliphatic heterocycles. The normalized spacial score (nSPS) is 10.1. The van der Waals surface area contributed by atoms with E-state index in [0.717, 1.165) is 17.7 Å². The molecule has 0 aliphatic carbocycles. The minimum atomic E-state index is -0.613. The third-order valence-corrected chi connectivity index (χ3v) is 2.19. The molecule has 0 atom stereocenters. The van der Waals surface area contributed by atoms with Crippen LogP contribution in [0.5, 0.6) is 0 Å². The number of hydrogen-bond donors (Lipinski definition) is 2. The van der Waals surface area contributed by atoms with Crippen LogP contribution >= 0.6 is 0 Å². The van der Waals surface area contributed by atoms with E-state index in [1.807, 2.05) is 30.3 Å². The van der Waals surface area contributed by atoms with Crippen LogP contribution in [0, 0.1) is 0 Å². The molecule has 2 N–H and O–H groups in total. The molecule has 0 saturated carbocycles. The average molecular weight is 276 g/mol. The fraction of sp³-hybridized carbons (Fsp3) is 0.214. The second-order valence-corrected chi connectivity index (χ2v) is 3.79. The van der Waals surface area contributed by atoms with Crippen molar-refractivity contribution in [1.82, 2.24) is 10.9 Å². The Morgan fingerprint density at radius 1 is 1.10 bits per heavy atom. The molecule has 0 fully saturated rings. The van der Waals surface area contributed by atoms with Gasteiger partial charge in [-0.15, -0.1) is 0 Å². The van der Waals surface area contributed by atoms with Crippen LogP contribution in [0.1, 0.15) is 12.5 Å². The van der Waals surface area contributed by atoms with Crippen LogP contribution in [-0.2, 0) is 25.5 Å². The van der Waals surface area contributed by atoms with Gasteiger partial charge in [0.05, 0.1) is 13.0 Å². The van der Waals surface area contributed by atoms with Crippen LogP contribution in [-0.4, -0.2) is 24.4 Å². The van der Waals surface area contributed by atoms with Crippen LogP contribution in [0.25, 0.3) is 0 Å². The predicted octanol–water partition coefficient (Wildman–Crippen LogP) is 0.496. The average Bonchev–Trinajstić information content (AvgIpc) is 2.44. The zero-order valence-corrected chi connectivity index (χ0v) is 11.1. The molecule has 0 aliphatic rings. The lowest BCUT2D eigenvalue weighted by atomic mass is 10.1. The van der Waals surface area contributed by atoms with Gasteiger partial charge in [0.15, 0.2) is 0 Å². The molecular formula is C14H16N2O4. The molecule has 0 aromatic heterocycles. The molecule has 20 heavy (non-hydrogen) atoms. The highest BCUT2D eigenvalue weighted by atomic mass is 16.5. The van der Waals surface area contributed by atoms with Gasteiger partial charge in [-0.1, -0.05) is 30.3 Å². The lowest BCUT2D eigenvalue weighted by Crippen LogP contribution is -2.41. The molecule has 0 radical (unpaired) electrons. The number of hydrogen-bond acceptors (Lipinski definition) is 4. The van der Waals surface area contributed by atoms with Gasteiger partial charge in [-0.3, -0.25) is 20.4 Å². The quantitative estimate of drug-likeness (QED) is 0.466. The van der Waals surface area contributed by atoms with E-state index in [-0.39, 0.29) is 18.9 Å². The van der Waals surface area contributed by atoms with E-state index in [2.05, 4.69) is 15.6 Å². The highest BCUT2D eigenvalue weighted by molar-refractivity contribution is 5.95. The molecule has 0 saturated heterocycles. The number of nitrogens with one attached hydrogen (secondary N) is 2. The van der Waals surface area contributed by atoms with E-state index in [0.29, 0.717) is 0 Å². The van der Waals surface area contributed by atoms with Gasteiger partial charge in [-0.25, -0.2) is 4.79 Å². The van der Waals surface area contributed by atoms with E-state index < -0.39 is 11.9 Å². The van der Waals surface area contributed by atoms with Gasteiger partial charge >= 0.3 is 5.97 Å². The van der Waals surface area contributed by atoms with Crippen molar-refractivity contribution in [3.8, 4) is 0 Å². The number of carbonyl (C=O) groups excluding carboxylic acids is 3. The number of carbonyl (C=O) groups is 3. The first-order valence-corrected chi connectivity index (χ1v) is 6.09. The molecule has 0 heterocycles. The SMILES string of the molecule is CCOC(=O)/C=C/C(=O)NNC(=O)Cc1ccccc1. The van der Waals surface area contributed by atoms with Crippen molar-refractivity contribution >= 4 is 17.8 Å². The third-order valence-electron chi connectivity index (χ3n) is 2.19. The van der Waals surface area contributed by atoms with Crippen LogP contribution in [0.4, 0.5) is 0 Å². The molecule has 106 valence electrons. The minimum absolute atomic E-state index is 0.155. The van der Waals surface area contributed by atoms with Crippen molar-refractivity contribution in [2.45, 2.75) is 13.3 Å². The number of esters is 1. The number of rotatable bonds is 5. The Labute approximate surface area is 116 Å². The van der Waals surface area contributed by atoms with Crippen molar-refractivity contribution in [3.05, 3.63) is 48.0 Å². The van der Waals surface area contributed by atoms with E-state index in [4.69, 9.17) is 0 Å². The van der Waals surface area contributed by atoms with Crippen molar-refractivity contribution in [2.24, 2.45) is 0 Å². The molecule has 6 nitrogen and oxygen atoms in total. The molecule has 1 aromatic carbocycles. The summed E-state index contributed by atoms with van der Waals surface area (Å²) in [5, 5.41) is 0. The second-order valence-electron chi connectivity index (χ2n) is 3.79. The van der Waals surface area contributed by atoms with Crippen LogP contribution in [0.15, 0.2) is 42.5 Å². The summed E-state index contributed by atoms with van der Waals surface area (Å²) in [5.74, 6) is -1.58.